The van der Waals surface area contributed by atoms with Gasteiger partial charge in [-0.1, -0.05) is 69.4 Å². The van der Waals surface area contributed by atoms with Crippen LogP contribution in [-0.4, -0.2) is 43.1 Å². The van der Waals surface area contributed by atoms with Crippen molar-refractivity contribution in [2.45, 2.75) is 90.3 Å². The lowest BCUT2D eigenvalue weighted by molar-refractivity contribution is -0.142. The highest BCUT2D eigenvalue weighted by Crippen LogP contribution is 2.30. The minimum absolute atomic E-state index is 0.252. The first-order chi connectivity index (χ1) is 18.5. The maximum Gasteiger partial charge on any atom is 0.328 e. The van der Waals surface area contributed by atoms with Crippen molar-refractivity contribution < 1.29 is 14.3 Å². The fraction of sp³-hybridized carbons (Fsp3) is 0.562. The molecular weight excluding hydrogens is 492 g/mol. The molecule has 1 aliphatic carbocycles. The SMILES string of the molecule is CC[C@H](CCC1CCCCC1)NCc1ccc(C(=O)N[C@@H](CCSC)C(=O)OC)c(-c2ccccc2C)c1. The van der Waals surface area contributed by atoms with E-state index in [-0.39, 0.29) is 5.91 Å². The Kier molecular flexibility index (Phi) is 12.7. The van der Waals surface area contributed by atoms with Crippen LogP contribution < -0.4 is 10.6 Å². The van der Waals surface area contributed by atoms with Crippen LogP contribution in [0.25, 0.3) is 11.1 Å². The molecule has 2 N–H and O–H groups in total. The zero-order valence-corrected chi connectivity index (χ0v) is 24.5. The summed E-state index contributed by atoms with van der Waals surface area (Å²) in [5.41, 5.74) is 4.76. The smallest absolute Gasteiger partial charge is 0.328 e. The van der Waals surface area contributed by atoms with Crippen molar-refractivity contribution in [2.24, 2.45) is 5.92 Å². The summed E-state index contributed by atoms with van der Waals surface area (Å²) < 4.78 is 4.95. The number of methoxy groups -OCH3 is 1. The Hall–Kier alpha value is -2.31. The average molecular weight is 539 g/mol. The molecule has 2 aromatic carbocycles. The molecule has 1 aliphatic rings. The summed E-state index contributed by atoms with van der Waals surface area (Å²) in [7, 11) is 1.36. The minimum Gasteiger partial charge on any atom is -0.467 e. The van der Waals surface area contributed by atoms with Gasteiger partial charge in [0, 0.05) is 18.2 Å². The molecule has 1 fully saturated rings. The third-order valence-electron chi connectivity index (χ3n) is 7.90. The molecule has 2 aromatic rings. The quantitative estimate of drug-likeness (QED) is 0.256. The van der Waals surface area contributed by atoms with Gasteiger partial charge >= 0.3 is 5.97 Å². The average Bonchev–Trinajstić information content (AvgIpc) is 2.95. The van der Waals surface area contributed by atoms with Crippen molar-refractivity contribution in [3.63, 3.8) is 0 Å². The van der Waals surface area contributed by atoms with Gasteiger partial charge in [0.05, 0.1) is 7.11 Å². The minimum atomic E-state index is -0.666. The fourth-order valence-electron chi connectivity index (χ4n) is 5.49. The Morgan fingerprint density at radius 1 is 1.05 bits per heavy atom. The highest BCUT2D eigenvalue weighted by Gasteiger charge is 2.24. The lowest BCUT2D eigenvalue weighted by atomic mass is 9.85. The van der Waals surface area contributed by atoms with Crippen molar-refractivity contribution >= 4 is 23.6 Å². The second-order valence-corrected chi connectivity index (χ2v) is 11.6. The predicted molar refractivity (Wildman–Crippen MR) is 160 cm³/mol. The van der Waals surface area contributed by atoms with E-state index < -0.39 is 12.0 Å². The van der Waals surface area contributed by atoms with Crippen molar-refractivity contribution in [3.8, 4) is 11.1 Å². The molecule has 0 aromatic heterocycles. The molecule has 0 unspecified atom stereocenters. The largest absolute Gasteiger partial charge is 0.467 e. The number of benzene rings is 2. The van der Waals surface area contributed by atoms with Gasteiger partial charge in [0.15, 0.2) is 0 Å². The summed E-state index contributed by atoms with van der Waals surface area (Å²) in [5, 5.41) is 6.71. The Balaban J connectivity index is 1.77. The standard InChI is InChI=1S/C32H46N2O3S/c1-5-26(17-15-24-12-7-6-8-13-24)33-22-25-16-18-28(29(21-25)27-14-10-9-11-23(27)2)31(35)34-30(19-20-38-4)32(36)37-3/h9-11,14,16,18,21,24,26,30,33H,5-8,12-13,15,17,19-20,22H2,1-4H3,(H,34,35)/t26-,30+/m1/s1. The second-order valence-electron chi connectivity index (χ2n) is 10.6. The molecule has 2 atom stereocenters. The third kappa shape index (κ3) is 8.88. The van der Waals surface area contributed by atoms with Crippen LogP contribution in [0.4, 0.5) is 0 Å². The first kappa shape index (κ1) is 30.2. The summed E-state index contributed by atoms with van der Waals surface area (Å²) in [5.74, 6) is 0.992. The number of ether oxygens (including phenoxy) is 1. The molecule has 0 heterocycles. The number of nitrogens with one attached hydrogen (secondary N) is 2. The first-order valence-corrected chi connectivity index (χ1v) is 15.7. The second kappa shape index (κ2) is 15.9. The van der Waals surface area contributed by atoms with Crippen LogP contribution in [0, 0.1) is 12.8 Å². The third-order valence-corrected chi connectivity index (χ3v) is 8.55. The van der Waals surface area contributed by atoms with Crippen LogP contribution in [0.15, 0.2) is 42.5 Å². The molecule has 0 bridgehead atoms. The lowest BCUT2D eigenvalue weighted by Crippen LogP contribution is -2.42. The van der Waals surface area contributed by atoms with Crippen molar-refractivity contribution in [3.05, 3.63) is 59.2 Å². The van der Waals surface area contributed by atoms with E-state index in [1.807, 2.05) is 30.5 Å². The number of hydrogen-bond donors (Lipinski definition) is 2. The zero-order valence-electron chi connectivity index (χ0n) is 23.7. The normalized spacial score (nSPS) is 15.6. The van der Waals surface area contributed by atoms with Gasteiger partial charge in [-0.15, -0.1) is 0 Å². The van der Waals surface area contributed by atoms with E-state index in [0.717, 1.165) is 46.9 Å². The van der Waals surface area contributed by atoms with Crippen molar-refractivity contribution in [1.29, 1.82) is 0 Å². The number of hydrogen-bond acceptors (Lipinski definition) is 5. The Morgan fingerprint density at radius 2 is 1.82 bits per heavy atom. The van der Waals surface area contributed by atoms with E-state index in [2.05, 4.69) is 42.7 Å². The molecule has 1 saturated carbocycles. The molecule has 5 nitrogen and oxygen atoms in total. The summed E-state index contributed by atoms with van der Waals surface area (Å²) >= 11 is 1.64. The van der Waals surface area contributed by atoms with E-state index in [9.17, 15) is 9.59 Å². The maximum atomic E-state index is 13.5. The number of thioether (sulfide) groups is 1. The number of esters is 1. The van der Waals surface area contributed by atoms with E-state index in [1.165, 1.54) is 52.1 Å². The van der Waals surface area contributed by atoms with Gasteiger partial charge in [-0.3, -0.25) is 4.79 Å². The molecule has 208 valence electrons. The van der Waals surface area contributed by atoms with Gasteiger partial charge in [-0.25, -0.2) is 4.79 Å². The maximum absolute atomic E-state index is 13.5. The molecule has 0 aliphatic heterocycles. The number of amides is 1. The van der Waals surface area contributed by atoms with Gasteiger partial charge in [0.2, 0.25) is 0 Å². The Labute approximate surface area is 233 Å². The van der Waals surface area contributed by atoms with Gasteiger partial charge in [-0.2, -0.15) is 11.8 Å². The number of carbonyl (C=O) groups excluding carboxylic acids is 2. The highest BCUT2D eigenvalue weighted by molar-refractivity contribution is 7.98. The molecule has 0 radical (unpaired) electrons. The predicted octanol–water partition coefficient (Wildman–Crippen LogP) is 6.92. The first-order valence-electron chi connectivity index (χ1n) is 14.3. The van der Waals surface area contributed by atoms with Crippen LogP contribution in [0.1, 0.15) is 86.2 Å². The van der Waals surface area contributed by atoms with Crippen LogP contribution in [-0.2, 0) is 16.1 Å². The van der Waals surface area contributed by atoms with Gasteiger partial charge in [-0.05, 0) is 84.9 Å². The Bertz CT molecular complexity index is 1040. The van der Waals surface area contributed by atoms with Crippen molar-refractivity contribution in [2.75, 3.05) is 19.1 Å². The number of rotatable bonds is 14. The van der Waals surface area contributed by atoms with Crippen LogP contribution >= 0.6 is 11.8 Å². The van der Waals surface area contributed by atoms with Gasteiger partial charge in [0.1, 0.15) is 6.04 Å². The fourth-order valence-corrected chi connectivity index (χ4v) is 5.96. The van der Waals surface area contributed by atoms with Crippen molar-refractivity contribution in [1.82, 2.24) is 10.6 Å². The summed E-state index contributed by atoms with van der Waals surface area (Å²) in [6.07, 6.45) is 13.2. The van der Waals surface area contributed by atoms with Crippen LogP contribution in [0.3, 0.4) is 0 Å². The monoisotopic (exact) mass is 538 g/mol. The summed E-state index contributed by atoms with van der Waals surface area (Å²) in [6, 6.07) is 14.0. The van der Waals surface area contributed by atoms with Crippen LogP contribution in [0.5, 0.6) is 0 Å². The van der Waals surface area contributed by atoms with E-state index >= 15 is 0 Å². The molecule has 0 saturated heterocycles. The molecule has 0 spiro atoms. The van der Waals surface area contributed by atoms with Gasteiger partial charge in [0.25, 0.3) is 5.91 Å². The zero-order chi connectivity index (χ0) is 27.3. The van der Waals surface area contributed by atoms with Crippen LogP contribution in [0.2, 0.25) is 0 Å². The van der Waals surface area contributed by atoms with E-state index in [4.69, 9.17) is 4.74 Å². The van der Waals surface area contributed by atoms with E-state index in [0.29, 0.717) is 18.0 Å². The summed E-state index contributed by atoms with van der Waals surface area (Å²) in [4.78, 5) is 25.8. The molecular formula is C32H46N2O3S. The molecule has 6 heteroatoms. The molecule has 3 rings (SSSR count). The van der Waals surface area contributed by atoms with Gasteiger partial charge < -0.3 is 15.4 Å². The van der Waals surface area contributed by atoms with E-state index in [1.54, 1.807) is 11.8 Å². The number of carbonyl (C=O) groups is 2. The summed E-state index contributed by atoms with van der Waals surface area (Å²) in [6.45, 7) is 5.10. The number of aryl methyl sites for hydroxylation is 1. The highest BCUT2D eigenvalue weighted by atomic mass is 32.2. The Morgan fingerprint density at radius 3 is 2.50 bits per heavy atom. The topological polar surface area (TPSA) is 67.4 Å². The lowest BCUT2D eigenvalue weighted by Gasteiger charge is -2.24. The molecule has 1 amide bonds. The molecule has 38 heavy (non-hydrogen) atoms.